The predicted octanol–water partition coefficient (Wildman–Crippen LogP) is 4.32. The molecule has 0 unspecified atom stereocenters. The lowest BCUT2D eigenvalue weighted by molar-refractivity contribution is -0.133. The molecule has 0 bridgehead atoms. The smallest absolute Gasteiger partial charge is 0.225 e. The van der Waals surface area contributed by atoms with Crippen LogP contribution in [0, 0.1) is 19.8 Å². The lowest BCUT2D eigenvalue weighted by Gasteiger charge is -2.34. The van der Waals surface area contributed by atoms with Crippen molar-refractivity contribution in [3.8, 4) is 5.75 Å². The third kappa shape index (κ3) is 5.29. The van der Waals surface area contributed by atoms with Gasteiger partial charge in [-0.2, -0.15) is 0 Å². The summed E-state index contributed by atoms with van der Waals surface area (Å²) >= 11 is 0. The molecule has 0 saturated carbocycles. The Morgan fingerprint density at radius 3 is 2.47 bits per heavy atom. The van der Waals surface area contributed by atoms with Crippen molar-refractivity contribution in [3.63, 3.8) is 0 Å². The predicted molar refractivity (Wildman–Crippen MR) is 120 cm³/mol. The van der Waals surface area contributed by atoms with E-state index in [0.29, 0.717) is 12.3 Å². The van der Waals surface area contributed by atoms with Crippen molar-refractivity contribution in [2.24, 2.45) is 5.92 Å². The van der Waals surface area contributed by atoms with Gasteiger partial charge in [0.15, 0.2) is 0 Å². The minimum absolute atomic E-state index is 0.0661. The van der Waals surface area contributed by atoms with Gasteiger partial charge in [0.25, 0.3) is 0 Å². The molecule has 1 amide bonds. The van der Waals surface area contributed by atoms with Crippen molar-refractivity contribution in [1.82, 2.24) is 14.9 Å². The first-order valence-corrected chi connectivity index (χ1v) is 10.9. The Balaban J connectivity index is 1.58. The van der Waals surface area contributed by atoms with Crippen LogP contribution in [-0.4, -0.2) is 48.0 Å². The quantitative estimate of drug-likeness (QED) is 0.680. The van der Waals surface area contributed by atoms with Gasteiger partial charge in [-0.05, 0) is 62.8 Å². The Labute approximate surface area is 180 Å². The van der Waals surface area contributed by atoms with Gasteiger partial charge in [0, 0.05) is 37.9 Å². The first kappa shape index (κ1) is 22.1. The molecule has 1 aromatic heterocycles. The molecule has 0 spiro atoms. The Hall–Kier alpha value is -2.63. The van der Waals surface area contributed by atoms with Crippen LogP contribution >= 0.6 is 0 Å². The highest BCUT2D eigenvalue weighted by atomic mass is 16.5. The third-order valence-corrected chi connectivity index (χ3v) is 6.06. The fourth-order valence-corrected chi connectivity index (χ4v) is 4.33. The monoisotopic (exact) mass is 410 g/mol. The van der Waals surface area contributed by atoms with E-state index < -0.39 is 0 Å². The zero-order chi connectivity index (χ0) is 21.7. The molecule has 0 aliphatic carbocycles. The SMILES string of the molecule is CC[C@@H](c1cccc(OC)c1)N(C)C(=O)CC1CCN(c2nc(C)cc(C)n2)CC1. The molecule has 1 aliphatic heterocycles. The number of hydrogen-bond donors (Lipinski definition) is 0. The summed E-state index contributed by atoms with van der Waals surface area (Å²) < 4.78 is 5.35. The number of piperidine rings is 1. The summed E-state index contributed by atoms with van der Waals surface area (Å²) in [7, 11) is 3.60. The highest BCUT2D eigenvalue weighted by Crippen LogP contribution is 2.29. The lowest BCUT2D eigenvalue weighted by atomic mass is 9.92. The second kappa shape index (κ2) is 9.92. The average Bonchev–Trinajstić information content (AvgIpc) is 2.74. The van der Waals surface area contributed by atoms with Gasteiger partial charge in [-0.3, -0.25) is 4.79 Å². The summed E-state index contributed by atoms with van der Waals surface area (Å²) in [4.78, 5) is 26.4. The van der Waals surface area contributed by atoms with E-state index in [1.807, 2.05) is 50.1 Å². The number of aromatic nitrogens is 2. The molecule has 2 heterocycles. The zero-order valence-corrected chi connectivity index (χ0v) is 18.9. The van der Waals surface area contributed by atoms with Crippen molar-refractivity contribution < 1.29 is 9.53 Å². The first-order valence-electron chi connectivity index (χ1n) is 10.9. The molecule has 6 nitrogen and oxygen atoms in total. The second-order valence-electron chi connectivity index (χ2n) is 8.29. The zero-order valence-electron chi connectivity index (χ0n) is 18.9. The van der Waals surface area contributed by atoms with Crippen molar-refractivity contribution in [3.05, 3.63) is 47.3 Å². The van der Waals surface area contributed by atoms with Crippen LogP contribution < -0.4 is 9.64 Å². The van der Waals surface area contributed by atoms with Crippen LogP contribution in [0.2, 0.25) is 0 Å². The van der Waals surface area contributed by atoms with Gasteiger partial charge in [0.1, 0.15) is 5.75 Å². The number of carbonyl (C=O) groups is 1. The lowest BCUT2D eigenvalue weighted by Crippen LogP contribution is -2.38. The van der Waals surface area contributed by atoms with E-state index in [1.165, 1.54) is 0 Å². The molecule has 1 saturated heterocycles. The number of amides is 1. The molecule has 1 fully saturated rings. The standard InChI is InChI=1S/C24H34N4O2/c1-6-22(20-8-7-9-21(16-20)30-5)27(4)23(29)15-19-10-12-28(13-11-19)24-25-17(2)14-18(3)26-24/h7-9,14,16,19,22H,6,10-13,15H2,1-5H3/t22-/m0/s1. The normalized spacial score (nSPS) is 15.7. The molecule has 162 valence electrons. The fraction of sp³-hybridized carbons (Fsp3) is 0.542. The maximum Gasteiger partial charge on any atom is 0.225 e. The van der Waals surface area contributed by atoms with Crippen LogP contribution in [0.15, 0.2) is 30.3 Å². The molecule has 2 aromatic rings. The van der Waals surface area contributed by atoms with E-state index in [2.05, 4.69) is 27.9 Å². The number of carbonyl (C=O) groups excluding carboxylic acids is 1. The van der Waals surface area contributed by atoms with Gasteiger partial charge in [0.05, 0.1) is 13.2 Å². The van der Waals surface area contributed by atoms with E-state index in [-0.39, 0.29) is 11.9 Å². The highest BCUT2D eigenvalue weighted by molar-refractivity contribution is 5.76. The number of hydrogen-bond acceptors (Lipinski definition) is 5. The number of benzene rings is 1. The first-order chi connectivity index (χ1) is 14.4. The number of ether oxygens (including phenoxy) is 1. The number of rotatable bonds is 7. The second-order valence-corrected chi connectivity index (χ2v) is 8.29. The highest BCUT2D eigenvalue weighted by Gasteiger charge is 2.27. The topological polar surface area (TPSA) is 58.6 Å². The van der Waals surface area contributed by atoms with Gasteiger partial charge >= 0.3 is 0 Å². The van der Waals surface area contributed by atoms with Crippen LogP contribution in [0.5, 0.6) is 5.75 Å². The van der Waals surface area contributed by atoms with Gasteiger partial charge in [-0.15, -0.1) is 0 Å². The summed E-state index contributed by atoms with van der Waals surface area (Å²) in [5, 5.41) is 0. The maximum atomic E-state index is 13.0. The van der Waals surface area contributed by atoms with Gasteiger partial charge in [-0.25, -0.2) is 9.97 Å². The van der Waals surface area contributed by atoms with Gasteiger partial charge < -0.3 is 14.5 Å². The van der Waals surface area contributed by atoms with Gasteiger partial charge in [-0.1, -0.05) is 19.1 Å². The third-order valence-electron chi connectivity index (χ3n) is 6.06. The summed E-state index contributed by atoms with van der Waals surface area (Å²) in [5.41, 5.74) is 3.12. The number of aryl methyl sites for hydroxylation is 2. The van der Waals surface area contributed by atoms with Crippen LogP contribution in [0.3, 0.4) is 0 Å². The largest absolute Gasteiger partial charge is 0.497 e. The minimum atomic E-state index is 0.0661. The fourth-order valence-electron chi connectivity index (χ4n) is 4.33. The number of anilines is 1. The molecular formula is C24H34N4O2. The summed E-state index contributed by atoms with van der Waals surface area (Å²) in [5.74, 6) is 2.27. The van der Waals surface area contributed by atoms with E-state index >= 15 is 0 Å². The molecular weight excluding hydrogens is 376 g/mol. The Morgan fingerprint density at radius 2 is 1.87 bits per heavy atom. The van der Waals surface area contributed by atoms with Crippen LogP contribution in [0.25, 0.3) is 0 Å². The van der Waals surface area contributed by atoms with Gasteiger partial charge in [0.2, 0.25) is 11.9 Å². The van der Waals surface area contributed by atoms with Crippen molar-refractivity contribution >= 4 is 11.9 Å². The van der Waals surface area contributed by atoms with E-state index in [1.54, 1.807) is 7.11 Å². The molecule has 1 atom stereocenters. The Morgan fingerprint density at radius 1 is 1.20 bits per heavy atom. The van der Waals surface area contributed by atoms with Crippen LogP contribution in [0.4, 0.5) is 5.95 Å². The van der Waals surface area contributed by atoms with E-state index in [0.717, 1.165) is 61.0 Å². The molecule has 3 rings (SSSR count). The van der Waals surface area contributed by atoms with Crippen molar-refractivity contribution in [1.29, 1.82) is 0 Å². The Kier molecular flexibility index (Phi) is 7.29. The molecule has 1 aromatic carbocycles. The average molecular weight is 411 g/mol. The maximum absolute atomic E-state index is 13.0. The van der Waals surface area contributed by atoms with Crippen LogP contribution in [-0.2, 0) is 4.79 Å². The molecule has 0 N–H and O–H groups in total. The van der Waals surface area contributed by atoms with E-state index in [9.17, 15) is 4.79 Å². The Bertz CT molecular complexity index is 842. The van der Waals surface area contributed by atoms with Crippen molar-refractivity contribution in [2.75, 3.05) is 32.1 Å². The molecule has 6 heteroatoms. The van der Waals surface area contributed by atoms with Crippen LogP contribution in [0.1, 0.15) is 55.6 Å². The molecule has 1 aliphatic rings. The number of methoxy groups -OCH3 is 1. The summed E-state index contributed by atoms with van der Waals surface area (Å²) in [6.45, 7) is 7.93. The van der Waals surface area contributed by atoms with E-state index in [4.69, 9.17) is 4.74 Å². The summed E-state index contributed by atoms with van der Waals surface area (Å²) in [6.07, 6.45) is 3.45. The molecule has 0 radical (unpaired) electrons. The van der Waals surface area contributed by atoms with Crippen molar-refractivity contribution in [2.45, 2.75) is 52.5 Å². The molecule has 30 heavy (non-hydrogen) atoms. The summed E-state index contributed by atoms with van der Waals surface area (Å²) in [6, 6.07) is 10.1. The minimum Gasteiger partial charge on any atom is -0.497 e. The number of nitrogens with zero attached hydrogens (tertiary/aromatic N) is 4.